The molecule has 0 saturated heterocycles. The van der Waals surface area contributed by atoms with Crippen molar-refractivity contribution in [1.29, 1.82) is 0 Å². The number of aromatic nitrogens is 1. The van der Waals surface area contributed by atoms with E-state index in [0.29, 0.717) is 0 Å². The molecule has 3 nitrogen and oxygen atoms in total. The summed E-state index contributed by atoms with van der Waals surface area (Å²) in [6, 6.07) is 0.219. The standard InChI is InChI=1S/C11H18N2OS/c1-2-9(7-14)12-5-10-6-13-11(15-10)8-3-4-8/h6,8-9,12,14H,2-5,7H2,1H3/t9-/m1/s1. The molecule has 4 heteroatoms. The molecular formula is C11H18N2OS. The first-order valence-electron chi connectivity index (χ1n) is 5.62. The fourth-order valence-corrected chi connectivity index (χ4v) is 2.54. The maximum Gasteiger partial charge on any atom is 0.0959 e. The normalized spacial score (nSPS) is 18.0. The molecule has 1 aliphatic rings. The summed E-state index contributed by atoms with van der Waals surface area (Å²) in [5.41, 5.74) is 0. The minimum Gasteiger partial charge on any atom is -0.395 e. The molecule has 1 saturated carbocycles. The molecule has 84 valence electrons. The van der Waals surface area contributed by atoms with Gasteiger partial charge in [-0.25, -0.2) is 4.98 Å². The SMILES string of the molecule is CC[C@H](CO)NCc1cnc(C2CC2)s1. The van der Waals surface area contributed by atoms with E-state index in [1.807, 2.05) is 17.5 Å². The van der Waals surface area contributed by atoms with E-state index in [2.05, 4.69) is 17.2 Å². The molecule has 1 fully saturated rings. The van der Waals surface area contributed by atoms with Crippen LogP contribution in [0.25, 0.3) is 0 Å². The van der Waals surface area contributed by atoms with Gasteiger partial charge < -0.3 is 10.4 Å². The van der Waals surface area contributed by atoms with E-state index in [1.165, 1.54) is 22.7 Å². The summed E-state index contributed by atoms with van der Waals surface area (Å²) in [6.07, 6.45) is 5.56. The Hall–Kier alpha value is -0.450. The van der Waals surface area contributed by atoms with Crippen LogP contribution in [0, 0.1) is 0 Å². The molecule has 0 aliphatic heterocycles. The predicted octanol–water partition coefficient (Wildman–Crippen LogP) is 1.88. The van der Waals surface area contributed by atoms with Gasteiger partial charge in [-0.2, -0.15) is 0 Å². The Bertz CT molecular complexity index is 305. The quantitative estimate of drug-likeness (QED) is 0.778. The van der Waals surface area contributed by atoms with Gasteiger partial charge in [0.1, 0.15) is 0 Å². The molecule has 0 unspecified atom stereocenters. The van der Waals surface area contributed by atoms with Gasteiger partial charge >= 0.3 is 0 Å². The third kappa shape index (κ3) is 3.00. The maximum atomic E-state index is 9.03. The number of rotatable bonds is 6. The van der Waals surface area contributed by atoms with Crippen LogP contribution < -0.4 is 5.32 Å². The second-order valence-corrected chi connectivity index (χ2v) is 5.25. The average molecular weight is 226 g/mol. The van der Waals surface area contributed by atoms with Crippen molar-refractivity contribution in [2.45, 2.75) is 44.7 Å². The third-order valence-corrected chi connectivity index (χ3v) is 3.94. The average Bonchev–Trinajstić information content (AvgIpc) is 3.01. The van der Waals surface area contributed by atoms with E-state index in [-0.39, 0.29) is 12.6 Å². The van der Waals surface area contributed by atoms with Crippen LogP contribution in [0.3, 0.4) is 0 Å². The second kappa shape index (κ2) is 5.05. The van der Waals surface area contributed by atoms with Crippen molar-refractivity contribution in [3.8, 4) is 0 Å². The Balaban J connectivity index is 1.82. The monoisotopic (exact) mass is 226 g/mol. The molecule has 0 aromatic carbocycles. The zero-order chi connectivity index (χ0) is 10.7. The summed E-state index contributed by atoms with van der Waals surface area (Å²) in [5.74, 6) is 0.753. The van der Waals surface area contributed by atoms with Gasteiger partial charge in [0.05, 0.1) is 11.6 Å². The van der Waals surface area contributed by atoms with Crippen LogP contribution in [0.5, 0.6) is 0 Å². The number of nitrogens with one attached hydrogen (secondary N) is 1. The van der Waals surface area contributed by atoms with Crippen LogP contribution >= 0.6 is 11.3 Å². The van der Waals surface area contributed by atoms with Crippen LogP contribution in [-0.2, 0) is 6.54 Å². The number of aliphatic hydroxyl groups excluding tert-OH is 1. The van der Waals surface area contributed by atoms with Gasteiger partial charge in [0.2, 0.25) is 0 Å². The van der Waals surface area contributed by atoms with Gasteiger partial charge in [-0.05, 0) is 19.3 Å². The lowest BCUT2D eigenvalue weighted by Crippen LogP contribution is -2.30. The summed E-state index contributed by atoms with van der Waals surface area (Å²) >= 11 is 1.81. The van der Waals surface area contributed by atoms with E-state index in [0.717, 1.165) is 18.9 Å². The fraction of sp³-hybridized carbons (Fsp3) is 0.727. The highest BCUT2D eigenvalue weighted by Gasteiger charge is 2.26. The lowest BCUT2D eigenvalue weighted by Gasteiger charge is -2.12. The van der Waals surface area contributed by atoms with Crippen molar-refractivity contribution in [3.63, 3.8) is 0 Å². The van der Waals surface area contributed by atoms with Gasteiger partial charge in [-0.15, -0.1) is 11.3 Å². The summed E-state index contributed by atoms with van der Waals surface area (Å²) in [6.45, 7) is 3.13. The van der Waals surface area contributed by atoms with Crippen LogP contribution in [-0.4, -0.2) is 22.7 Å². The molecular weight excluding hydrogens is 208 g/mol. The summed E-state index contributed by atoms with van der Waals surface area (Å²) in [7, 11) is 0. The minimum absolute atomic E-state index is 0.213. The molecule has 15 heavy (non-hydrogen) atoms. The van der Waals surface area contributed by atoms with Crippen LogP contribution in [0.15, 0.2) is 6.20 Å². The Morgan fingerprint density at radius 1 is 1.67 bits per heavy atom. The Labute approximate surface area is 94.5 Å². The van der Waals surface area contributed by atoms with Crippen LogP contribution in [0.1, 0.15) is 42.0 Å². The van der Waals surface area contributed by atoms with Crippen molar-refractivity contribution < 1.29 is 5.11 Å². The number of aliphatic hydroxyl groups is 1. The van der Waals surface area contributed by atoms with Gasteiger partial charge in [-0.1, -0.05) is 6.92 Å². The fourth-order valence-electron chi connectivity index (χ4n) is 1.51. The molecule has 1 aromatic rings. The van der Waals surface area contributed by atoms with Crippen molar-refractivity contribution in [2.75, 3.05) is 6.61 Å². The van der Waals surface area contributed by atoms with Crippen molar-refractivity contribution >= 4 is 11.3 Å². The Morgan fingerprint density at radius 2 is 2.47 bits per heavy atom. The maximum absolute atomic E-state index is 9.03. The molecule has 1 atom stereocenters. The molecule has 2 rings (SSSR count). The summed E-state index contributed by atoms with van der Waals surface area (Å²) in [5, 5.41) is 13.7. The van der Waals surface area contributed by atoms with E-state index in [9.17, 15) is 0 Å². The van der Waals surface area contributed by atoms with E-state index in [1.54, 1.807) is 0 Å². The molecule has 1 heterocycles. The van der Waals surface area contributed by atoms with Gasteiger partial charge in [0, 0.05) is 29.6 Å². The van der Waals surface area contributed by atoms with E-state index >= 15 is 0 Å². The molecule has 0 amide bonds. The second-order valence-electron chi connectivity index (χ2n) is 4.11. The number of nitrogens with zero attached hydrogens (tertiary/aromatic N) is 1. The Kier molecular flexibility index (Phi) is 3.72. The first kappa shape index (κ1) is 11.0. The molecule has 0 radical (unpaired) electrons. The van der Waals surface area contributed by atoms with Gasteiger partial charge in [-0.3, -0.25) is 0 Å². The first-order chi connectivity index (χ1) is 7.33. The lowest BCUT2D eigenvalue weighted by atomic mass is 10.2. The van der Waals surface area contributed by atoms with Crippen molar-refractivity contribution in [1.82, 2.24) is 10.3 Å². The molecule has 0 spiro atoms. The highest BCUT2D eigenvalue weighted by Crippen LogP contribution is 2.41. The molecule has 1 aliphatic carbocycles. The predicted molar refractivity (Wildman–Crippen MR) is 62.1 cm³/mol. The number of thiazole rings is 1. The third-order valence-electron chi connectivity index (χ3n) is 2.78. The molecule has 2 N–H and O–H groups in total. The lowest BCUT2D eigenvalue weighted by molar-refractivity contribution is 0.238. The Morgan fingerprint density at radius 3 is 3.07 bits per heavy atom. The van der Waals surface area contributed by atoms with Crippen molar-refractivity contribution in [3.05, 3.63) is 16.1 Å². The smallest absolute Gasteiger partial charge is 0.0959 e. The largest absolute Gasteiger partial charge is 0.395 e. The molecule has 1 aromatic heterocycles. The highest BCUT2D eigenvalue weighted by atomic mass is 32.1. The number of hydrogen-bond acceptors (Lipinski definition) is 4. The topological polar surface area (TPSA) is 45.1 Å². The van der Waals surface area contributed by atoms with E-state index < -0.39 is 0 Å². The zero-order valence-corrected chi connectivity index (χ0v) is 9.89. The number of hydrogen-bond donors (Lipinski definition) is 2. The van der Waals surface area contributed by atoms with Crippen molar-refractivity contribution in [2.24, 2.45) is 0 Å². The van der Waals surface area contributed by atoms with Crippen LogP contribution in [0.2, 0.25) is 0 Å². The van der Waals surface area contributed by atoms with E-state index in [4.69, 9.17) is 5.11 Å². The molecule has 0 bridgehead atoms. The van der Waals surface area contributed by atoms with Gasteiger partial charge in [0.25, 0.3) is 0 Å². The highest BCUT2D eigenvalue weighted by molar-refractivity contribution is 7.11. The van der Waals surface area contributed by atoms with Crippen LogP contribution in [0.4, 0.5) is 0 Å². The van der Waals surface area contributed by atoms with Gasteiger partial charge in [0.15, 0.2) is 0 Å². The summed E-state index contributed by atoms with van der Waals surface area (Å²) in [4.78, 5) is 5.71. The summed E-state index contributed by atoms with van der Waals surface area (Å²) < 4.78 is 0. The zero-order valence-electron chi connectivity index (χ0n) is 9.07. The minimum atomic E-state index is 0.213. The first-order valence-corrected chi connectivity index (χ1v) is 6.44.